The Balaban J connectivity index is 1.59. The number of nitrogens with zero attached hydrogens (tertiary/aromatic N) is 2. The Hall–Kier alpha value is -1.40. The van der Waals surface area contributed by atoms with Gasteiger partial charge in [-0.3, -0.25) is 0 Å². The lowest BCUT2D eigenvalue weighted by Crippen LogP contribution is -2.45. The van der Waals surface area contributed by atoms with E-state index in [0.29, 0.717) is 11.2 Å². The van der Waals surface area contributed by atoms with E-state index in [1.54, 1.807) is 0 Å². The lowest BCUT2D eigenvalue weighted by atomic mass is 10.2. The molecule has 1 saturated carbocycles. The average Bonchev–Trinajstić information content (AvgIpc) is 3.22. The number of aromatic nitrogens is 1. The summed E-state index contributed by atoms with van der Waals surface area (Å²) >= 11 is 5.26. The highest BCUT2D eigenvalue weighted by atomic mass is 32.1. The molecule has 0 spiro atoms. The topological polar surface area (TPSA) is 49.4 Å². The maximum Gasteiger partial charge on any atom is 0.171 e. The van der Waals surface area contributed by atoms with Crippen molar-refractivity contribution in [3.8, 4) is 0 Å². The Morgan fingerprint density at radius 3 is 2.57 bits per heavy atom. The summed E-state index contributed by atoms with van der Waals surface area (Å²) in [7, 11) is 0. The fourth-order valence-corrected chi connectivity index (χ4v) is 2.88. The van der Waals surface area contributed by atoms with Crippen LogP contribution in [0.1, 0.15) is 26.7 Å². The first-order chi connectivity index (χ1) is 10.1. The first-order valence-corrected chi connectivity index (χ1v) is 7.95. The summed E-state index contributed by atoms with van der Waals surface area (Å²) in [5.74, 6) is 0.989. The molecule has 1 aromatic heterocycles. The van der Waals surface area contributed by atoms with Gasteiger partial charge in [-0.2, -0.15) is 0 Å². The summed E-state index contributed by atoms with van der Waals surface area (Å²) in [6.45, 7) is 5.96. The maximum atomic E-state index is 5.75. The van der Waals surface area contributed by atoms with Gasteiger partial charge in [-0.15, -0.1) is 0 Å². The van der Waals surface area contributed by atoms with E-state index >= 15 is 0 Å². The number of rotatable bonds is 3. The molecule has 114 valence electrons. The Morgan fingerprint density at radius 1 is 1.29 bits per heavy atom. The van der Waals surface area contributed by atoms with Crippen molar-refractivity contribution in [2.24, 2.45) is 0 Å². The highest BCUT2D eigenvalue weighted by Crippen LogP contribution is 2.21. The zero-order valence-corrected chi connectivity index (χ0v) is 13.3. The van der Waals surface area contributed by atoms with Crippen molar-refractivity contribution in [2.45, 2.75) is 44.9 Å². The molecule has 2 N–H and O–H groups in total. The molecule has 1 saturated heterocycles. The van der Waals surface area contributed by atoms with Gasteiger partial charge in [-0.1, -0.05) is 0 Å². The van der Waals surface area contributed by atoms with Gasteiger partial charge in [-0.05, 0) is 51.0 Å². The molecule has 0 bridgehead atoms. The largest absolute Gasteiger partial charge is 0.372 e. The van der Waals surface area contributed by atoms with Crippen LogP contribution >= 0.6 is 12.2 Å². The minimum absolute atomic E-state index is 0.240. The number of hydrogen-bond donors (Lipinski definition) is 2. The summed E-state index contributed by atoms with van der Waals surface area (Å²) in [5, 5.41) is 7.11. The van der Waals surface area contributed by atoms with Crippen molar-refractivity contribution in [1.29, 1.82) is 0 Å². The molecule has 2 aliphatic rings. The lowest BCUT2D eigenvalue weighted by Gasteiger charge is -2.36. The highest BCUT2D eigenvalue weighted by Gasteiger charge is 2.23. The predicted molar refractivity (Wildman–Crippen MR) is 88.8 cm³/mol. The van der Waals surface area contributed by atoms with Crippen molar-refractivity contribution in [2.75, 3.05) is 23.3 Å². The third-order valence-electron chi connectivity index (χ3n) is 3.66. The van der Waals surface area contributed by atoms with E-state index < -0.39 is 0 Å². The van der Waals surface area contributed by atoms with Crippen LogP contribution in [0.15, 0.2) is 18.3 Å². The first kappa shape index (κ1) is 14.5. The normalized spacial score (nSPS) is 25.5. The first-order valence-electron chi connectivity index (χ1n) is 7.54. The molecule has 0 aromatic carbocycles. The van der Waals surface area contributed by atoms with Crippen molar-refractivity contribution in [3.63, 3.8) is 0 Å². The van der Waals surface area contributed by atoms with Gasteiger partial charge in [0.25, 0.3) is 0 Å². The second-order valence-electron chi connectivity index (χ2n) is 5.94. The molecule has 1 aliphatic heterocycles. The summed E-state index contributed by atoms with van der Waals surface area (Å²) in [6, 6.07) is 4.62. The van der Waals surface area contributed by atoms with Crippen molar-refractivity contribution >= 4 is 28.8 Å². The molecule has 1 aliphatic carbocycles. The number of nitrogens with one attached hydrogen (secondary N) is 2. The standard InChI is InChI=1S/C15H22N4OS/c1-10-8-19(9-11(2)20-10)14-6-5-13(7-16-14)18-15(21)17-12-3-4-12/h5-7,10-12H,3-4,8-9H2,1-2H3,(H2,17,18,21). The Morgan fingerprint density at radius 2 is 2.00 bits per heavy atom. The summed E-state index contributed by atoms with van der Waals surface area (Å²) in [4.78, 5) is 6.81. The van der Waals surface area contributed by atoms with Gasteiger partial charge in [0, 0.05) is 19.1 Å². The average molecular weight is 306 g/mol. The number of ether oxygens (including phenoxy) is 1. The van der Waals surface area contributed by atoms with Crippen LogP contribution in [-0.2, 0) is 4.74 Å². The zero-order valence-electron chi connectivity index (χ0n) is 12.5. The zero-order chi connectivity index (χ0) is 14.8. The predicted octanol–water partition coefficient (Wildman–Crippen LogP) is 2.14. The van der Waals surface area contributed by atoms with E-state index in [1.165, 1.54) is 12.8 Å². The second kappa shape index (κ2) is 6.15. The molecular weight excluding hydrogens is 284 g/mol. The molecule has 5 nitrogen and oxygen atoms in total. The van der Waals surface area contributed by atoms with Crippen LogP contribution in [0.5, 0.6) is 0 Å². The fourth-order valence-electron chi connectivity index (χ4n) is 2.59. The molecule has 0 amide bonds. The van der Waals surface area contributed by atoms with E-state index in [9.17, 15) is 0 Å². The van der Waals surface area contributed by atoms with Crippen molar-refractivity contribution < 1.29 is 4.74 Å². The Labute approximate surface area is 131 Å². The maximum absolute atomic E-state index is 5.75. The molecule has 2 fully saturated rings. The number of hydrogen-bond acceptors (Lipinski definition) is 4. The fraction of sp³-hybridized carbons (Fsp3) is 0.600. The molecule has 2 atom stereocenters. The monoisotopic (exact) mass is 306 g/mol. The number of anilines is 2. The quantitative estimate of drug-likeness (QED) is 0.835. The molecule has 2 heterocycles. The van der Waals surface area contributed by atoms with Crippen LogP contribution in [0.4, 0.5) is 11.5 Å². The molecule has 0 radical (unpaired) electrons. The summed E-state index contributed by atoms with van der Waals surface area (Å²) < 4.78 is 5.75. The molecule has 1 aromatic rings. The molecular formula is C15H22N4OS. The van der Waals surface area contributed by atoms with Crippen LogP contribution in [0.2, 0.25) is 0 Å². The van der Waals surface area contributed by atoms with Gasteiger partial charge >= 0.3 is 0 Å². The molecule has 2 unspecified atom stereocenters. The minimum atomic E-state index is 0.240. The van der Waals surface area contributed by atoms with Crippen molar-refractivity contribution in [1.82, 2.24) is 10.3 Å². The second-order valence-corrected chi connectivity index (χ2v) is 6.35. The van der Waals surface area contributed by atoms with E-state index in [0.717, 1.165) is 24.6 Å². The summed E-state index contributed by atoms with van der Waals surface area (Å²) in [5.41, 5.74) is 0.922. The van der Waals surface area contributed by atoms with Crippen LogP contribution in [0, 0.1) is 0 Å². The molecule has 3 rings (SSSR count). The summed E-state index contributed by atoms with van der Waals surface area (Å²) in [6.07, 6.45) is 4.74. The van der Waals surface area contributed by atoms with Gasteiger partial charge in [-0.25, -0.2) is 4.98 Å². The van der Waals surface area contributed by atoms with Crippen molar-refractivity contribution in [3.05, 3.63) is 18.3 Å². The van der Waals surface area contributed by atoms with Gasteiger partial charge in [0.15, 0.2) is 5.11 Å². The third kappa shape index (κ3) is 4.04. The minimum Gasteiger partial charge on any atom is -0.372 e. The van der Waals surface area contributed by atoms with Gasteiger partial charge in [0.05, 0.1) is 24.1 Å². The van der Waals surface area contributed by atoms with Gasteiger partial charge < -0.3 is 20.3 Å². The van der Waals surface area contributed by atoms with Crippen LogP contribution in [-0.4, -0.2) is 41.4 Å². The van der Waals surface area contributed by atoms with E-state index in [2.05, 4.69) is 34.4 Å². The van der Waals surface area contributed by atoms with Gasteiger partial charge in [0.1, 0.15) is 5.82 Å². The van der Waals surface area contributed by atoms with Crippen LogP contribution < -0.4 is 15.5 Å². The smallest absolute Gasteiger partial charge is 0.171 e. The van der Waals surface area contributed by atoms with Gasteiger partial charge in [0.2, 0.25) is 0 Å². The van der Waals surface area contributed by atoms with E-state index in [1.807, 2.05) is 18.3 Å². The molecule has 21 heavy (non-hydrogen) atoms. The third-order valence-corrected chi connectivity index (χ3v) is 3.88. The molecule has 6 heteroatoms. The van der Waals surface area contributed by atoms with E-state index in [4.69, 9.17) is 17.0 Å². The van der Waals surface area contributed by atoms with Crippen LogP contribution in [0.3, 0.4) is 0 Å². The Bertz CT molecular complexity index is 493. The Kier molecular flexibility index (Phi) is 4.26. The number of thiocarbonyl (C=S) groups is 1. The van der Waals surface area contributed by atoms with E-state index in [-0.39, 0.29) is 12.2 Å². The highest BCUT2D eigenvalue weighted by molar-refractivity contribution is 7.80. The van der Waals surface area contributed by atoms with Crippen LogP contribution in [0.25, 0.3) is 0 Å². The SMILES string of the molecule is CC1CN(c2ccc(NC(=S)NC3CC3)cn2)CC(C)O1. The number of pyridine rings is 1. The number of morpholine rings is 1. The lowest BCUT2D eigenvalue weighted by molar-refractivity contribution is -0.00545.